The van der Waals surface area contributed by atoms with Crippen LogP contribution in [-0.2, 0) is 27.3 Å². The topological polar surface area (TPSA) is 113 Å². The molecular formula is C17H19N3O4S. The highest BCUT2D eigenvalue weighted by Gasteiger charge is 2.53. The van der Waals surface area contributed by atoms with E-state index in [0.717, 1.165) is 11.1 Å². The van der Waals surface area contributed by atoms with E-state index in [-0.39, 0.29) is 29.3 Å². The summed E-state index contributed by atoms with van der Waals surface area (Å²) in [5.74, 6) is -1.22. The van der Waals surface area contributed by atoms with E-state index in [1.165, 1.54) is 16.7 Å². The molecule has 0 bridgehead atoms. The number of carboxylic acid groups (broad SMARTS) is 1. The van der Waals surface area contributed by atoms with E-state index in [2.05, 4.69) is 5.32 Å². The Morgan fingerprint density at radius 1 is 1.32 bits per heavy atom. The van der Waals surface area contributed by atoms with Crippen LogP contribution in [0.25, 0.3) is 0 Å². The highest BCUT2D eigenvalue weighted by atomic mass is 32.2. The molecule has 2 heterocycles. The number of carbonyl (C=O) groups is 3. The number of carboxylic acids is 1. The van der Waals surface area contributed by atoms with Crippen LogP contribution >= 0.6 is 11.8 Å². The third-order valence-corrected chi connectivity index (χ3v) is 5.73. The number of thioether (sulfide) groups is 1. The van der Waals surface area contributed by atoms with E-state index in [9.17, 15) is 19.5 Å². The van der Waals surface area contributed by atoms with Crippen molar-refractivity contribution in [3.05, 3.63) is 46.7 Å². The largest absolute Gasteiger partial charge is 0.477 e. The van der Waals surface area contributed by atoms with Crippen molar-refractivity contribution in [1.29, 1.82) is 0 Å². The number of rotatable bonds is 5. The Bertz CT molecular complexity index is 760. The first-order valence-corrected chi connectivity index (χ1v) is 8.92. The van der Waals surface area contributed by atoms with Crippen molar-refractivity contribution >= 4 is 29.5 Å². The Morgan fingerprint density at radius 2 is 1.96 bits per heavy atom. The smallest absolute Gasteiger partial charge is 0.352 e. The third kappa shape index (κ3) is 3.27. The number of hydrogen-bond acceptors (Lipinski definition) is 5. The van der Waals surface area contributed by atoms with E-state index in [4.69, 9.17) is 5.73 Å². The Morgan fingerprint density at radius 3 is 2.56 bits per heavy atom. The van der Waals surface area contributed by atoms with Gasteiger partial charge in [-0.05, 0) is 23.6 Å². The van der Waals surface area contributed by atoms with Gasteiger partial charge in [-0.1, -0.05) is 24.3 Å². The molecule has 7 nitrogen and oxygen atoms in total. The molecule has 0 aromatic heterocycles. The van der Waals surface area contributed by atoms with Gasteiger partial charge < -0.3 is 16.2 Å². The van der Waals surface area contributed by atoms with Gasteiger partial charge in [0.05, 0.1) is 6.42 Å². The maximum Gasteiger partial charge on any atom is 0.352 e. The molecular weight excluding hydrogens is 342 g/mol. The zero-order valence-electron chi connectivity index (χ0n) is 13.7. The van der Waals surface area contributed by atoms with Crippen LogP contribution in [0.15, 0.2) is 35.5 Å². The molecule has 1 unspecified atom stereocenters. The van der Waals surface area contributed by atoms with Crippen LogP contribution in [0.3, 0.4) is 0 Å². The van der Waals surface area contributed by atoms with Gasteiger partial charge in [-0.2, -0.15) is 0 Å². The van der Waals surface area contributed by atoms with Gasteiger partial charge in [0.15, 0.2) is 0 Å². The summed E-state index contributed by atoms with van der Waals surface area (Å²) in [6.07, 6.45) is 0.159. The molecule has 0 spiro atoms. The zero-order valence-corrected chi connectivity index (χ0v) is 14.5. The quantitative estimate of drug-likeness (QED) is 0.656. The SMILES string of the molecule is CC1=C(C(=O)O)N2C(=O)C(NC(=O)Cc3ccc(CN)cc3)[C@@H]2SC1. The van der Waals surface area contributed by atoms with Gasteiger partial charge in [0, 0.05) is 12.3 Å². The Labute approximate surface area is 149 Å². The highest BCUT2D eigenvalue weighted by Crippen LogP contribution is 2.40. The number of aliphatic carboxylic acids is 1. The summed E-state index contributed by atoms with van der Waals surface area (Å²) in [6.45, 7) is 2.15. The first-order valence-electron chi connectivity index (χ1n) is 7.87. The van der Waals surface area contributed by atoms with Crippen LogP contribution in [0.4, 0.5) is 0 Å². The number of hydrogen-bond donors (Lipinski definition) is 3. The summed E-state index contributed by atoms with van der Waals surface area (Å²) in [4.78, 5) is 37.2. The molecule has 25 heavy (non-hydrogen) atoms. The van der Waals surface area contributed by atoms with Gasteiger partial charge >= 0.3 is 5.97 Å². The van der Waals surface area contributed by atoms with E-state index in [1.807, 2.05) is 24.3 Å². The first kappa shape index (κ1) is 17.5. The van der Waals surface area contributed by atoms with Crippen LogP contribution in [0, 0.1) is 0 Å². The van der Waals surface area contributed by atoms with Crippen molar-refractivity contribution in [3.8, 4) is 0 Å². The van der Waals surface area contributed by atoms with Gasteiger partial charge in [0.2, 0.25) is 5.91 Å². The molecule has 2 atom stereocenters. The highest BCUT2D eigenvalue weighted by molar-refractivity contribution is 8.00. The molecule has 3 rings (SSSR count). The van der Waals surface area contributed by atoms with E-state index in [1.54, 1.807) is 6.92 Å². The number of nitrogens with zero attached hydrogens (tertiary/aromatic N) is 1. The molecule has 1 saturated heterocycles. The van der Waals surface area contributed by atoms with Crippen LogP contribution in [-0.4, -0.2) is 45.0 Å². The molecule has 2 amide bonds. The summed E-state index contributed by atoms with van der Waals surface area (Å²) in [5, 5.41) is 11.7. The summed E-state index contributed by atoms with van der Waals surface area (Å²) in [7, 11) is 0. The minimum absolute atomic E-state index is 0.0385. The third-order valence-electron chi connectivity index (χ3n) is 4.30. The number of nitrogens with one attached hydrogen (secondary N) is 1. The second kappa shape index (κ2) is 6.89. The molecule has 0 aliphatic carbocycles. The second-order valence-corrected chi connectivity index (χ2v) is 7.19. The predicted octanol–water partition coefficient (Wildman–Crippen LogP) is 0.446. The van der Waals surface area contributed by atoms with Crippen molar-refractivity contribution in [2.24, 2.45) is 5.73 Å². The fraction of sp³-hybridized carbons (Fsp3) is 0.353. The molecule has 0 radical (unpaired) electrons. The Kier molecular flexibility index (Phi) is 4.82. The van der Waals surface area contributed by atoms with Gasteiger partial charge in [0.25, 0.3) is 5.91 Å². The molecule has 2 aliphatic rings. The molecule has 132 valence electrons. The van der Waals surface area contributed by atoms with Crippen LogP contribution in [0.2, 0.25) is 0 Å². The molecule has 1 fully saturated rings. The number of carbonyl (C=O) groups excluding carboxylic acids is 2. The van der Waals surface area contributed by atoms with Crippen LogP contribution in [0.1, 0.15) is 18.1 Å². The summed E-state index contributed by atoms with van der Waals surface area (Å²) in [6, 6.07) is 6.72. The van der Waals surface area contributed by atoms with Crippen molar-refractivity contribution in [3.63, 3.8) is 0 Å². The van der Waals surface area contributed by atoms with Crippen molar-refractivity contribution in [1.82, 2.24) is 10.2 Å². The maximum atomic E-state index is 12.3. The standard InChI is InChI=1S/C17H19N3O4S/c1-9-8-25-16-13(15(22)20(16)14(9)17(23)24)19-12(21)6-10-2-4-11(7-18)5-3-10/h2-5,13,16H,6-8,18H2,1H3,(H,19,21)(H,23,24)/t13?,16-/m0/s1. The van der Waals surface area contributed by atoms with Crippen molar-refractivity contribution in [2.75, 3.05) is 5.75 Å². The Balaban J connectivity index is 1.63. The lowest BCUT2D eigenvalue weighted by atomic mass is 10.0. The maximum absolute atomic E-state index is 12.3. The molecule has 4 N–H and O–H groups in total. The average Bonchev–Trinajstić information content (AvgIpc) is 2.59. The number of β-lactam (4-membered cyclic amide) rings is 1. The van der Waals surface area contributed by atoms with E-state index in [0.29, 0.717) is 17.9 Å². The predicted molar refractivity (Wildman–Crippen MR) is 93.4 cm³/mol. The minimum Gasteiger partial charge on any atom is -0.477 e. The van der Waals surface area contributed by atoms with E-state index < -0.39 is 12.0 Å². The monoisotopic (exact) mass is 361 g/mol. The normalized spacial score (nSPS) is 22.3. The Hall–Kier alpha value is -2.32. The number of nitrogens with two attached hydrogens (primary N) is 1. The summed E-state index contributed by atoms with van der Waals surface area (Å²) < 4.78 is 0. The first-order chi connectivity index (χ1) is 11.9. The molecule has 8 heteroatoms. The second-order valence-electron chi connectivity index (χ2n) is 6.09. The van der Waals surface area contributed by atoms with Crippen LogP contribution < -0.4 is 11.1 Å². The molecule has 1 aromatic carbocycles. The van der Waals surface area contributed by atoms with Gasteiger partial charge in [0.1, 0.15) is 17.1 Å². The molecule has 0 saturated carbocycles. The minimum atomic E-state index is -1.11. The number of benzene rings is 1. The van der Waals surface area contributed by atoms with Gasteiger partial charge in [-0.3, -0.25) is 14.5 Å². The number of amides is 2. The summed E-state index contributed by atoms with van der Waals surface area (Å²) in [5.41, 5.74) is 8.05. The van der Waals surface area contributed by atoms with Gasteiger partial charge in [-0.15, -0.1) is 11.8 Å². The van der Waals surface area contributed by atoms with Crippen molar-refractivity contribution < 1.29 is 19.5 Å². The van der Waals surface area contributed by atoms with Crippen molar-refractivity contribution in [2.45, 2.75) is 31.3 Å². The lowest BCUT2D eigenvalue weighted by molar-refractivity contribution is -0.150. The lowest BCUT2D eigenvalue weighted by Gasteiger charge is -2.49. The van der Waals surface area contributed by atoms with Crippen LogP contribution in [0.5, 0.6) is 0 Å². The fourth-order valence-corrected chi connectivity index (χ4v) is 4.27. The average molecular weight is 361 g/mol. The lowest BCUT2D eigenvalue weighted by Crippen LogP contribution is -2.70. The summed E-state index contributed by atoms with van der Waals surface area (Å²) >= 11 is 1.46. The molecule has 2 aliphatic heterocycles. The fourth-order valence-electron chi connectivity index (χ4n) is 2.98. The zero-order chi connectivity index (χ0) is 18.1. The molecule has 1 aromatic rings. The number of fused-ring (bicyclic) bond motifs is 1. The van der Waals surface area contributed by atoms with E-state index >= 15 is 0 Å². The van der Waals surface area contributed by atoms with Gasteiger partial charge in [-0.25, -0.2) is 4.79 Å².